The van der Waals surface area contributed by atoms with E-state index in [2.05, 4.69) is 19.2 Å². The largest absolute Gasteiger partial charge is 0.397 e. The number of benzene rings is 1. The summed E-state index contributed by atoms with van der Waals surface area (Å²) < 4.78 is 0. The van der Waals surface area contributed by atoms with Crippen LogP contribution in [0.2, 0.25) is 0 Å². The molecule has 0 atom stereocenters. The number of rotatable bonds is 4. The van der Waals surface area contributed by atoms with Gasteiger partial charge < -0.3 is 11.1 Å². The van der Waals surface area contributed by atoms with Crippen LogP contribution in [0.15, 0.2) is 18.2 Å². The first-order chi connectivity index (χ1) is 6.69. The summed E-state index contributed by atoms with van der Waals surface area (Å²) in [5.74, 6) is 0. The first kappa shape index (κ1) is 10.9. The Bertz CT molecular complexity index is 290. The molecule has 0 amide bonds. The SMILES string of the molecule is CCC(CC)Nc1cccc(C)c1N. The molecule has 0 spiro atoms. The van der Waals surface area contributed by atoms with Crippen LogP contribution in [0.3, 0.4) is 0 Å². The van der Waals surface area contributed by atoms with Crippen molar-refractivity contribution in [3.05, 3.63) is 23.8 Å². The van der Waals surface area contributed by atoms with Crippen LogP contribution in [0, 0.1) is 6.92 Å². The maximum absolute atomic E-state index is 5.98. The van der Waals surface area contributed by atoms with Crippen molar-refractivity contribution in [1.82, 2.24) is 0 Å². The molecule has 0 aliphatic heterocycles. The fourth-order valence-electron chi connectivity index (χ4n) is 1.52. The van der Waals surface area contributed by atoms with E-state index in [1.165, 1.54) is 0 Å². The average Bonchev–Trinajstić information content (AvgIpc) is 2.20. The van der Waals surface area contributed by atoms with E-state index in [1.54, 1.807) is 0 Å². The summed E-state index contributed by atoms with van der Waals surface area (Å²) in [7, 11) is 0. The normalized spacial score (nSPS) is 10.6. The Hall–Kier alpha value is -1.18. The Balaban J connectivity index is 2.80. The van der Waals surface area contributed by atoms with Gasteiger partial charge in [0.2, 0.25) is 0 Å². The van der Waals surface area contributed by atoms with Crippen LogP contribution in [-0.4, -0.2) is 6.04 Å². The highest BCUT2D eigenvalue weighted by Crippen LogP contribution is 2.23. The Morgan fingerprint density at radius 3 is 2.50 bits per heavy atom. The molecule has 3 N–H and O–H groups in total. The lowest BCUT2D eigenvalue weighted by molar-refractivity contribution is 0.672. The lowest BCUT2D eigenvalue weighted by Crippen LogP contribution is -2.18. The lowest BCUT2D eigenvalue weighted by Gasteiger charge is -2.18. The molecule has 0 aliphatic carbocycles. The number of nitrogens with one attached hydrogen (secondary N) is 1. The molecule has 1 aromatic rings. The van der Waals surface area contributed by atoms with Crippen molar-refractivity contribution >= 4 is 11.4 Å². The van der Waals surface area contributed by atoms with Crippen LogP contribution < -0.4 is 11.1 Å². The van der Waals surface area contributed by atoms with Gasteiger partial charge in [-0.15, -0.1) is 0 Å². The van der Waals surface area contributed by atoms with Crippen molar-refractivity contribution in [2.45, 2.75) is 39.7 Å². The molecule has 1 rings (SSSR count). The number of hydrogen-bond acceptors (Lipinski definition) is 2. The van der Waals surface area contributed by atoms with Gasteiger partial charge in [-0.3, -0.25) is 0 Å². The fraction of sp³-hybridized carbons (Fsp3) is 0.500. The Kier molecular flexibility index (Phi) is 3.81. The zero-order valence-corrected chi connectivity index (χ0v) is 9.30. The number of para-hydroxylation sites is 1. The standard InChI is InChI=1S/C12H20N2/c1-4-10(5-2)14-11-8-6-7-9(3)12(11)13/h6-8,10,14H,4-5,13H2,1-3H3. The van der Waals surface area contributed by atoms with Gasteiger partial charge >= 0.3 is 0 Å². The van der Waals surface area contributed by atoms with Crippen LogP contribution in [0.1, 0.15) is 32.3 Å². The summed E-state index contributed by atoms with van der Waals surface area (Å²) in [4.78, 5) is 0. The summed E-state index contributed by atoms with van der Waals surface area (Å²) in [5.41, 5.74) is 9.06. The summed E-state index contributed by atoms with van der Waals surface area (Å²) in [6.45, 7) is 6.41. The topological polar surface area (TPSA) is 38.0 Å². The van der Waals surface area contributed by atoms with Gasteiger partial charge in [0.15, 0.2) is 0 Å². The highest BCUT2D eigenvalue weighted by molar-refractivity contribution is 5.69. The van der Waals surface area contributed by atoms with E-state index in [4.69, 9.17) is 5.73 Å². The number of aryl methyl sites for hydroxylation is 1. The van der Waals surface area contributed by atoms with E-state index in [9.17, 15) is 0 Å². The zero-order valence-electron chi connectivity index (χ0n) is 9.30. The molecule has 0 aliphatic rings. The van der Waals surface area contributed by atoms with E-state index < -0.39 is 0 Å². The van der Waals surface area contributed by atoms with Gasteiger partial charge in [-0.2, -0.15) is 0 Å². The van der Waals surface area contributed by atoms with Gasteiger partial charge in [0.25, 0.3) is 0 Å². The van der Waals surface area contributed by atoms with Crippen molar-refractivity contribution < 1.29 is 0 Å². The zero-order chi connectivity index (χ0) is 10.6. The van der Waals surface area contributed by atoms with Crippen LogP contribution in [0.5, 0.6) is 0 Å². The van der Waals surface area contributed by atoms with E-state index >= 15 is 0 Å². The molecule has 1 aromatic carbocycles. The maximum Gasteiger partial charge on any atom is 0.0579 e. The van der Waals surface area contributed by atoms with E-state index in [1.807, 2.05) is 25.1 Å². The second kappa shape index (κ2) is 4.89. The summed E-state index contributed by atoms with van der Waals surface area (Å²) in [6, 6.07) is 6.64. The predicted octanol–water partition coefficient (Wildman–Crippen LogP) is 3.18. The third-order valence-electron chi connectivity index (χ3n) is 2.67. The van der Waals surface area contributed by atoms with Gasteiger partial charge in [0.05, 0.1) is 11.4 Å². The van der Waals surface area contributed by atoms with Crippen LogP contribution in [0.4, 0.5) is 11.4 Å². The Morgan fingerprint density at radius 2 is 1.93 bits per heavy atom. The van der Waals surface area contributed by atoms with Crippen molar-refractivity contribution in [3.63, 3.8) is 0 Å². The van der Waals surface area contributed by atoms with Crippen LogP contribution >= 0.6 is 0 Å². The Labute approximate surface area is 86.5 Å². The molecular formula is C12H20N2. The van der Waals surface area contributed by atoms with Crippen LogP contribution in [0.25, 0.3) is 0 Å². The molecule has 78 valence electrons. The second-order valence-electron chi connectivity index (χ2n) is 3.69. The fourth-order valence-corrected chi connectivity index (χ4v) is 1.52. The summed E-state index contributed by atoms with van der Waals surface area (Å²) in [6.07, 6.45) is 2.26. The molecule has 0 fully saturated rings. The van der Waals surface area contributed by atoms with Gasteiger partial charge in [-0.25, -0.2) is 0 Å². The number of nitrogen functional groups attached to an aromatic ring is 1. The molecule has 0 saturated heterocycles. The van der Waals surface area contributed by atoms with Crippen LogP contribution in [-0.2, 0) is 0 Å². The highest BCUT2D eigenvalue weighted by Gasteiger charge is 2.06. The lowest BCUT2D eigenvalue weighted by atomic mass is 10.1. The van der Waals surface area contributed by atoms with E-state index in [-0.39, 0.29) is 0 Å². The van der Waals surface area contributed by atoms with Crippen molar-refractivity contribution in [2.75, 3.05) is 11.1 Å². The monoisotopic (exact) mass is 192 g/mol. The van der Waals surface area contributed by atoms with E-state index in [0.29, 0.717) is 6.04 Å². The number of hydrogen-bond donors (Lipinski definition) is 2. The Morgan fingerprint density at radius 1 is 1.29 bits per heavy atom. The van der Waals surface area contributed by atoms with E-state index in [0.717, 1.165) is 29.8 Å². The molecule has 0 heterocycles. The third kappa shape index (κ3) is 2.41. The smallest absolute Gasteiger partial charge is 0.0579 e. The van der Waals surface area contributed by atoms with Crippen molar-refractivity contribution in [3.8, 4) is 0 Å². The molecule has 2 nitrogen and oxygen atoms in total. The first-order valence-corrected chi connectivity index (χ1v) is 5.30. The van der Waals surface area contributed by atoms with Gasteiger partial charge in [-0.1, -0.05) is 26.0 Å². The van der Waals surface area contributed by atoms with Gasteiger partial charge in [-0.05, 0) is 31.4 Å². The maximum atomic E-state index is 5.98. The minimum Gasteiger partial charge on any atom is -0.397 e. The molecule has 2 heteroatoms. The second-order valence-corrected chi connectivity index (χ2v) is 3.69. The van der Waals surface area contributed by atoms with Crippen molar-refractivity contribution in [2.24, 2.45) is 0 Å². The van der Waals surface area contributed by atoms with Gasteiger partial charge in [0, 0.05) is 6.04 Å². The predicted molar refractivity (Wildman–Crippen MR) is 63.6 cm³/mol. The minimum absolute atomic E-state index is 0.527. The third-order valence-corrected chi connectivity index (χ3v) is 2.67. The molecule has 0 aromatic heterocycles. The first-order valence-electron chi connectivity index (χ1n) is 5.30. The molecule has 0 unspecified atom stereocenters. The molecule has 0 radical (unpaired) electrons. The summed E-state index contributed by atoms with van der Waals surface area (Å²) in [5, 5.41) is 3.46. The number of nitrogens with two attached hydrogens (primary N) is 1. The molecule has 0 saturated carbocycles. The average molecular weight is 192 g/mol. The highest BCUT2D eigenvalue weighted by atomic mass is 14.9. The molecular weight excluding hydrogens is 172 g/mol. The van der Waals surface area contributed by atoms with Crippen molar-refractivity contribution in [1.29, 1.82) is 0 Å². The quantitative estimate of drug-likeness (QED) is 0.719. The summed E-state index contributed by atoms with van der Waals surface area (Å²) >= 11 is 0. The minimum atomic E-state index is 0.527. The number of anilines is 2. The van der Waals surface area contributed by atoms with Gasteiger partial charge in [0.1, 0.15) is 0 Å². The molecule has 0 bridgehead atoms. The molecule has 14 heavy (non-hydrogen) atoms.